The zero-order chi connectivity index (χ0) is 10.1. The summed E-state index contributed by atoms with van der Waals surface area (Å²) in [6.45, 7) is 2.23. The molecule has 1 aliphatic carbocycles. The molecule has 1 saturated carbocycles. The molecule has 0 spiro atoms. The molecule has 1 aliphatic heterocycles. The minimum atomic E-state index is 0.859. The number of fused-ring (bicyclic) bond motifs is 1. The molecule has 1 fully saturated rings. The molecule has 1 N–H and O–H groups in total. The second kappa shape index (κ2) is 3.97. The van der Waals surface area contributed by atoms with E-state index in [1.807, 2.05) is 0 Å². The van der Waals surface area contributed by atoms with Crippen LogP contribution < -0.4 is 5.32 Å². The quantitative estimate of drug-likeness (QED) is 0.736. The number of benzene rings is 1. The Bertz CT molecular complexity index is 350. The molecule has 0 bridgehead atoms. The van der Waals surface area contributed by atoms with Crippen molar-refractivity contribution in [2.24, 2.45) is 0 Å². The third-order valence-electron chi connectivity index (χ3n) is 3.94. The van der Waals surface area contributed by atoms with Crippen molar-refractivity contribution >= 4 is 0 Å². The molecule has 0 aromatic heterocycles. The third-order valence-corrected chi connectivity index (χ3v) is 3.94. The molecule has 1 aromatic rings. The van der Waals surface area contributed by atoms with Crippen molar-refractivity contribution in [3.05, 3.63) is 34.9 Å². The lowest BCUT2D eigenvalue weighted by molar-refractivity contribution is 0.638. The van der Waals surface area contributed by atoms with Crippen LogP contribution in [0.1, 0.15) is 48.3 Å². The molecule has 1 aromatic carbocycles. The van der Waals surface area contributed by atoms with Gasteiger partial charge < -0.3 is 5.32 Å². The average Bonchev–Trinajstić information content (AvgIpc) is 2.82. The number of rotatable bonds is 1. The van der Waals surface area contributed by atoms with Crippen LogP contribution in [0.3, 0.4) is 0 Å². The van der Waals surface area contributed by atoms with Crippen LogP contribution in [0.15, 0.2) is 18.2 Å². The highest BCUT2D eigenvalue weighted by molar-refractivity contribution is 5.35. The fraction of sp³-hybridized carbons (Fsp3) is 0.571. The molecule has 15 heavy (non-hydrogen) atoms. The molecule has 3 rings (SSSR count). The first kappa shape index (κ1) is 9.41. The molecule has 1 heteroatoms. The smallest absolute Gasteiger partial charge is 0.0208 e. The number of nitrogens with one attached hydrogen (secondary N) is 1. The van der Waals surface area contributed by atoms with E-state index < -0.39 is 0 Å². The van der Waals surface area contributed by atoms with Gasteiger partial charge in [0.05, 0.1) is 0 Å². The fourth-order valence-corrected chi connectivity index (χ4v) is 3.01. The molecular formula is C14H19N. The van der Waals surface area contributed by atoms with Gasteiger partial charge >= 0.3 is 0 Å². The molecule has 0 radical (unpaired) electrons. The van der Waals surface area contributed by atoms with Gasteiger partial charge in [-0.1, -0.05) is 31.0 Å². The van der Waals surface area contributed by atoms with Crippen LogP contribution in [0, 0.1) is 0 Å². The van der Waals surface area contributed by atoms with Gasteiger partial charge in [0, 0.05) is 6.54 Å². The molecular weight excluding hydrogens is 182 g/mol. The topological polar surface area (TPSA) is 12.0 Å². The second-order valence-electron chi connectivity index (χ2n) is 4.94. The van der Waals surface area contributed by atoms with Crippen LogP contribution >= 0.6 is 0 Å². The van der Waals surface area contributed by atoms with E-state index in [0.717, 1.165) is 19.0 Å². The molecule has 1 nitrogen and oxygen atoms in total. The maximum atomic E-state index is 3.46. The summed E-state index contributed by atoms with van der Waals surface area (Å²) in [6, 6.07) is 7.20. The Kier molecular flexibility index (Phi) is 2.49. The predicted octanol–water partition coefficient (Wildman–Crippen LogP) is 2.99. The Labute approximate surface area is 91.9 Å². The molecule has 2 aliphatic rings. The lowest BCUT2D eigenvalue weighted by Gasteiger charge is -2.19. The van der Waals surface area contributed by atoms with Crippen molar-refractivity contribution in [3.8, 4) is 0 Å². The summed E-state index contributed by atoms with van der Waals surface area (Å²) >= 11 is 0. The molecule has 0 saturated heterocycles. The van der Waals surface area contributed by atoms with Crippen molar-refractivity contribution in [1.82, 2.24) is 5.32 Å². The molecule has 0 unspecified atom stereocenters. The summed E-state index contributed by atoms with van der Waals surface area (Å²) in [4.78, 5) is 0. The van der Waals surface area contributed by atoms with Crippen LogP contribution in [0.2, 0.25) is 0 Å². The van der Waals surface area contributed by atoms with Crippen LogP contribution in [0.25, 0.3) is 0 Å². The Morgan fingerprint density at radius 2 is 1.93 bits per heavy atom. The Balaban J connectivity index is 1.89. The van der Waals surface area contributed by atoms with Gasteiger partial charge in [0.15, 0.2) is 0 Å². The van der Waals surface area contributed by atoms with Crippen LogP contribution in [0.4, 0.5) is 0 Å². The Morgan fingerprint density at radius 3 is 2.80 bits per heavy atom. The SMILES string of the molecule is c1cc2c(cc1C1CCCC1)CNCC2. The maximum Gasteiger partial charge on any atom is 0.0208 e. The van der Waals surface area contributed by atoms with Gasteiger partial charge in [-0.3, -0.25) is 0 Å². The zero-order valence-electron chi connectivity index (χ0n) is 9.26. The van der Waals surface area contributed by atoms with E-state index in [0.29, 0.717) is 0 Å². The van der Waals surface area contributed by atoms with Crippen LogP contribution in [0.5, 0.6) is 0 Å². The predicted molar refractivity (Wildman–Crippen MR) is 63.1 cm³/mol. The van der Waals surface area contributed by atoms with Gasteiger partial charge in [-0.2, -0.15) is 0 Å². The summed E-state index contributed by atoms with van der Waals surface area (Å²) in [5, 5.41) is 3.46. The van der Waals surface area contributed by atoms with E-state index in [1.165, 1.54) is 32.1 Å². The standard InChI is InChI=1S/C14H19N/c1-2-4-11(3-1)13-6-5-12-7-8-15-10-14(12)9-13/h5-6,9,11,15H,1-4,7-8,10H2. The molecule has 80 valence electrons. The van der Waals surface area contributed by atoms with Gasteiger partial charge in [-0.15, -0.1) is 0 Å². The third kappa shape index (κ3) is 1.81. The van der Waals surface area contributed by atoms with Crippen molar-refractivity contribution in [2.45, 2.75) is 44.6 Å². The Morgan fingerprint density at radius 1 is 1.07 bits per heavy atom. The lowest BCUT2D eigenvalue weighted by Crippen LogP contribution is -2.23. The first-order chi connectivity index (χ1) is 7.43. The van der Waals surface area contributed by atoms with Crippen LogP contribution in [-0.4, -0.2) is 6.54 Å². The van der Waals surface area contributed by atoms with E-state index in [1.54, 1.807) is 16.7 Å². The minimum absolute atomic E-state index is 0.859. The number of hydrogen-bond acceptors (Lipinski definition) is 1. The monoisotopic (exact) mass is 201 g/mol. The van der Waals surface area contributed by atoms with Crippen molar-refractivity contribution in [2.75, 3.05) is 6.54 Å². The summed E-state index contributed by atoms with van der Waals surface area (Å²) in [5.41, 5.74) is 4.70. The Hall–Kier alpha value is -0.820. The highest BCUT2D eigenvalue weighted by atomic mass is 14.9. The minimum Gasteiger partial charge on any atom is -0.312 e. The van der Waals surface area contributed by atoms with Crippen molar-refractivity contribution in [1.29, 1.82) is 0 Å². The van der Waals surface area contributed by atoms with Crippen molar-refractivity contribution in [3.63, 3.8) is 0 Å². The largest absolute Gasteiger partial charge is 0.312 e. The number of hydrogen-bond donors (Lipinski definition) is 1. The first-order valence-electron chi connectivity index (χ1n) is 6.26. The molecule has 0 atom stereocenters. The van der Waals surface area contributed by atoms with E-state index >= 15 is 0 Å². The van der Waals surface area contributed by atoms with E-state index in [-0.39, 0.29) is 0 Å². The summed E-state index contributed by atoms with van der Waals surface area (Å²) < 4.78 is 0. The van der Waals surface area contributed by atoms with Gasteiger partial charge in [0.1, 0.15) is 0 Å². The van der Waals surface area contributed by atoms with Gasteiger partial charge in [-0.25, -0.2) is 0 Å². The van der Waals surface area contributed by atoms with Gasteiger partial charge in [-0.05, 0) is 48.4 Å². The van der Waals surface area contributed by atoms with E-state index in [4.69, 9.17) is 0 Å². The van der Waals surface area contributed by atoms with E-state index in [9.17, 15) is 0 Å². The maximum absolute atomic E-state index is 3.46. The van der Waals surface area contributed by atoms with E-state index in [2.05, 4.69) is 23.5 Å². The molecule has 1 heterocycles. The molecule has 0 amide bonds. The highest BCUT2D eigenvalue weighted by Gasteiger charge is 2.18. The summed E-state index contributed by atoms with van der Waals surface area (Å²) in [7, 11) is 0. The van der Waals surface area contributed by atoms with Crippen molar-refractivity contribution < 1.29 is 0 Å². The second-order valence-corrected chi connectivity index (χ2v) is 4.94. The average molecular weight is 201 g/mol. The zero-order valence-corrected chi connectivity index (χ0v) is 9.26. The lowest BCUT2D eigenvalue weighted by atomic mass is 9.92. The summed E-state index contributed by atoms with van der Waals surface area (Å²) in [5.74, 6) is 0.859. The fourth-order valence-electron chi connectivity index (χ4n) is 3.01. The first-order valence-corrected chi connectivity index (χ1v) is 6.26. The van der Waals surface area contributed by atoms with Crippen LogP contribution in [-0.2, 0) is 13.0 Å². The van der Waals surface area contributed by atoms with Gasteiger partial charge in [0.2, 0.25) is 0 Å². The van der Waals surface area contributed by atoms with Gasteiger partial charge in [0.25, 0.3) is 0 Å². The summed E-state index contributed by atoms with van der Waals surface area (Å²) in [6.07, 6.45) is 6.89. The normalized spacial score (nSPS) is 21.6. The highest BCUT2D eigenvalue weighted by Crippen LogP contribution is 2.35.